The van der Waals surface area contributed by atoms with E-state index >= 15 is 0 Å². The summed E-state index contributed by atoms with van der Waals surface area (Å²) in [5.74, 6) is -0.104. The van der Waals surface area contributed by atoms with Crippen molar-refractivity contribution in [3.63, 3.8) is 0 Å². The summed E-state index contributed by atoms with van der Waals surface area (Å²) in [6.45, 7) is 4.10. The molecule has 4 nitrogen and oxygen atoms in total. The molecule has 46 heavy (non-hydrogen) atoms. The van der Waals surface area contributed by atoms with E-state index in [4.69, 9.17) is 0 Å². The second-order valence-electron chi connectivity index (χ2n) is 11.6. The molecule has 3 N–H and O–H groups in total. The lowest BCUT2D eigenvalue weighted by Crippen LogP contribution is -2.45. The minimum Gasteiger partial charge on any atom is -0.394 e. The number of hydrogen-bond acceptors (Lipinski definition) is 3. The largest absolute Gasteiger partial charge is 0.394 e. The van der Waals surface area contributed by atoms with Gasteiger partial charge in [-0.3, -0.25) is 4.79 Å². The van der Waals surface area contributed by atoms with Crippen LogP contribution in [0.15, 0.2) is 109 Å². The zero-order valence-electron chi connectivity index (χ0n) is 29.3. The molecule has 0 spiro atoms. The van der Waals surface area contributed by atoms with Gasteiger partial charge in [0.05, 0.1) is 18.8 Å². The van der Waals surface area contributed by atoms with Gasteiger partial charge in [-0.25, -0.2) is 0 Å². The number of carbonyl (C=O) groups excluding carboxylic acids is 1. The summed E-state index contributed by atoms with van der Waals surface area (Å²) in [6.07, 6.45) is 56.1. The molecule has 258 valence electrons. The highest BCUT2D eigenvalue weighted by Crippen LogP contribution is 2.10. The number of hydrogen-bond donors (Lipinski definition) is 3. The van der Waals surface area contributed by atoms with E-state index in [9.17, 15) is 15.0 Å². The van der Waals surface area contributed by atoms with Crippen molar-refractivity contribution in [2.24, 2.45) is 0 Å². The van der Waals surface area contributed by atoms with E-state index in [0.29, 0.717) is 12.8 Å². The van der Waals surface area contributed by atoms with Gasteiger partial charge in [-0.2, -0.15) is 0 Å². The SMILES string of the molecule is CC/C=C\C/C=C\C/C=C\C/C=C\C/C=C\C/C=C\C/C=C\C/C=C\C/C=C\CCCC(=O)NC(CO)C(O)CCCCCCC. The highest BCUT2D eigenvalue weighted by molar-refractivity contribution is 5.76. The Labute approximate surface area is 283 Å². The second kappa shape index (κ2) is 36.5. The summed E-state index contributed by atoms with van der Waals surface area (Å²) < 4.78 is 0. The van der Waals surface area contributed by atoms with Gasteiger partial charge in [0, 0.05) is 6.42 Å². The molecule has 0 radical (unpaired) electrons. The molecular weight excluding hydrogens is 566 g/mol. The van der Waals surface area contributed by atoms with E-state index < -0.39 is 12.1 Å². The Bertz CT molecular complexity index is 948. The van der Waals surface area contributed by atoms with Gasteiger partial charge in [0.1, 0.15) is 0 Å². The smallest absolute Gasteiger partial charge is 0.220 e. The Morgan fingerprint density at radius 1 is 0.543 bits per heavy atom. The predicted molar refractivity (Wildman–Crippen MR) is 202 cm³/mol. The maximum atomic E-state index is 12.2. The zero-order valence-corrected chi connectivity index (χ0v) is 29.3. The van der Waals surface area contributed by atoms with Crippen molar-refractivity contribution in [1.82, 2.24) is 5.32 Å². The van der Waals surface area contributed by atoms with Gasteiger partial charge in [-0.15, -0.1) is 0 Å². The monoisotopic (exact) mass is 634 g/mol. The Morgan fingerprint density at radius 3 is 1.33 bits per heavy atom. The number of carbonyl (C=O) groups is 1. The first-order chi connectivity index (χ1) is 22.7. The van der Waals surface area contributed by atoms with E-state index in [1.165, 1.54) is 19.3 Å². The summed E-state index contributed by atoms with van der Waals surface area (Å²) in [7, 11) is 0. The Hall–Kier alpha value is -2.95. The van der Waals surface area contributed by atoms with Gasteiger partial charge >= 0.3 is 0 Å². The Balaban J connectivity index is 3.76. The van der Waals surface area contributed by atoms with Crippen molar-refractivity contribution < 1.29 is 15.0 Å². The van der Waals surface area contributed by atoms with Gasteiger partial charge in [0.2, 0.25) is 5.91 Å². The average molecular weight is 634 g/mol. The van der Waals surface area contributed by atoms with E-state index in [1.807, 2.05) is 0 Å². The van der Waals surface area contributed by atoms with Crippen molar-refractivity contribution >= 4 is 5.91 Å². The number of aliphatic hydroxyl groups excluding tert-OH is 2. The second-order valence-corrected chi connectivity index (χ2v) is 11.6. The van der Waals surface area contributed by atoms with Crippen molar-refractivity contribution in [1.29, 1.82) is 0 Å². The molecule has 0 aliphatic heterocycles. The first-order valence-electron chi connectivity index (χ1n) is 18.1. The number of amides is 1. The standard InChI is InChI=1S/C42H67NO3/c1-3-5-7-9-10-11-12-13-14-15-16-17-18-19-20-21-22-23-24-25-26-27-28-29-30-31-32-34-36-38-42(46)43-40(39-44)41(45)37-35-33-8-6-4-2/h5,7,10-11,13-14,16-17,19-20,22-23,25-26,28-29,31-32,40-41,44-45H,3-4,6,8-9,12,15,18,21,24,27,30,33-39H2,1-2H3,(H,43,46)/b7-5-,11-10-,14-13-,17-16-,20-19-,23-22-,26-25-,29-28-,32-31-. The highest BCUT2D eigenvalue weighted by Gasteiger charge is 2.19. The molecule has 2 unspecified atom stereocenters. The van der Waals surface area contributed by atoms with Gasteiger partial charge in [0.15, 0.2) is 0 Å². The molecule has 0 aliphatic carbocycles. The van der Waals surface area contributed by atoms with Crippen LogP contribution >= 0.6 is 0 Å². The van der Waals surface area contributed by atoms with Crippen molar-refractivity contribution in [3.05, 3.63) is 109 Å². The van der Waals surface area contributed by atoms with Crippen molar-refractivity contribution in [3.8, 4) is 0 Å². The lowest BCUT2D eigenvalue weighted by atomic mass is 10.0. The summed E-state index contributed by atoms with van der Waals surface area (Å²) in [4.78, 5) is 12.2. The lowest BCUT2D eigenvalue weighted by Gasteiger charge is -2.22. The molecule has 0 saturated carbocycles. The molecular formula is C42H67NO3. The molecule has 0 aliphatic rings. The van der Waals surface area contributed by atoms with E-state index in [1.54, 1.807) is 0 Å². The van der Waals surface area contributed by atoms with Crippen LogP contribution in [0.2, 0.25) is 0 Å². The predicted octanol–water partition coefficient (Wildman–Crippen LogP) is 10.9. The number of aliphatic hydroxyl groups is 2. The minimum absolute atomic E-state index is 0.104. The molecule has 1 amide bonds. The van der Waals surface area contributed by atoms with E-state index in [2.05, 4.69) is 129 Å². The summed E-state index contributed by atoms with van der Waals surface area (Å²) in [6, 6.07) is -0.570. The molecule has 4 heteroatoms. The third-order valence-electron chi connectivity index (χ3n) is 7.30. The fourth-order valence-electron chi connectivity index (χ4n) is 4.53. The topological polar surface area (TPSA) is 69.6 Å². The Kier molecular flexibility index (Phi) is 34.2. The van der Waals surface area contributed by atoms with E-state index in [0.717, 1.165) is 83.5 Å². The molecule has 2 atom stereocenters. The van der Waals surface area contributed by atoms with Gasteiger partial charge in [-0.05, 0) is 77.0 Å². The molecule has 0 aromatic carbocycles. The van der Waals surface area contributed by atoms with Gasteiger partial charge < -0.3 is 15.5 Å². The number of rotatable bonds is 30. The van der Waals surface area contributed by atoms with Crippen LogP contribution in [0.5, 0.6) is 0 Å². The maximum Gasteiger partial charge on any atom is 0.220 e. The quantitative estimate of drug-likeness (QED) is 0.0544. The molecule has 0 rings (SSSR count). The molecule has 0 aromatic rings. The van der Waals surface area contributed by atoms with Crippen LogP contribution in [0.1, 0.15) is 129 Å². The van der Waals surface area contributed by atoms with Gasteiger partial charge in [0.25, 0.3) is 0 Å². The van der Waals surface area contributed by atoms with Crippen LogP contribution in [0, 0.1) is 0 Å². The third kappa shape index (κ3) is 32.4. The summed E-state index contributed by atoms with van der Waals surface area (Å²) in [5, 5.41) is 22.6. The van der Waals surface area contributed by atoms with Gasteiger partial charge in [-0.1, -0.05) is 155 Å². The van der Waals surface area contributed by atoms with Crippen LogP contribution in [0.25, 0.3) is 0 Å². The van der Waals surface area contributed by atoms with Crippen molar-refractivity contribution in [2.45, 2.75) is 142 Å². The number of nitrogens with one attached hydrogen (secondary N) is 1. The van der Waals surface area contributed by atoms with E-state index in [-0.39, 0.29) is 12.5 Å². The van der Waals surface area contributed by atoms with Crippen LogP contribution in [0.3, 0.4) is 0 Å². The molecule has 0 fully saturated rings. The third-order valence-corrected chi connectivity index (χ3v) is 7.30. The van der Waals surface area contributed by atoms with Crippen LogP contribution in [0.4, 0.5) is 0 Å². The summed E-state index contributed by atoms with van der Waals surface area (Å²) in [5.41, 5.74) is 0. The first kappa shape index (κ1) is 43.0. The molecule has 0 heterocycles. The first-order valence-corrected chi connectivity index (χ1v) is 18.1. The molecule has 0 bridgehead atoms. The number of allylic oxidation sites excluding steroid dienone is 18. The fraction of sp³-hybridized carbons (Fsp3) is 0.548. The van der Waals surface area contributed by atoms with Crippen molar-refractivity contribution in [2.75, 3.05) is 6.61 Å². The van der Waals surface area contributed by atoms with Crippen LogP contribution in [-0.2, 0) is 4.79 Å². The normalized spacial score (nSPS) is 14.4. The highest BCUT2D eigenvalue weighted by atomic mass is 16.3. The maximum absolute atomic E-state index is 12.2. The molecule has 0 saturated heterocycles. The fourth-order valence-corrected chi connectivity index (χ4v) is 4.53. The minimum atomic E-state index is -0.686. The average Bonchev–Trinajstić information content (AvgIpc) is 3.06. The molecule has 0 aromatic heterocycles. The zero-order chi connectivity index (χ0) is 33.6. The van der Waals surface area contributed by atoms with Crippen LogP contribution < -0.4 is 5.32 Å². The lowest BCUT2D eigenvalue weighted by molar-refractivity contribution is -0.123. The Morgan fingerprint density at radius 2 is 0.935 bits per heavy atom. The number of unbranched alkanes of at least 4 members (excludes halogenated alkanes) is 5. The summed E-state index contributed by atoms with van der Waals surface area (Å²) >= 11 is 0. The van der Waals surface area contributed by atoms with Crippen LogP contribution in [-0.4, -0.2) is 34.9 Å².